The summed E-state index contributed by atoms with van der Waals surface area (Å²) < 4.78 is 1.74. The Hall–Kier alpha value is -2.37. The van der Waals surface area contributed by atoms with Crippen LogP contribution in [0.2, 0.25) is 0 Å². The fourth-order valence-electron chi connectivity index (χ4n) is 1.36. The van der Waals surface area contributed by atoms with Gasteiger partial charge in [0.15, 0.2) is 5.96 Å². The van der Waals surface area contributed by atoms with Crippen molar-refractivity contribution in [1.82, 2.24) is 9.38 Å². The van der Waals surface area contributed by atoms with E-state index in [0.29, 0.717) is 5.65 Å². The summed E-state index contributed by atoms with van der Waals surface area (Å²) in [6, 6.07) is 3.79. The maximum absolute atomic E-state index is 11.5. The number of hydrogen-bond acceptors (Lipinski definition) is 2. The summed E-state index contributed by atoms with van der Waals surface area (Å²) in [7, 11) is 0. The highest BCUT2D eigenvalue weighted by molar-refractivity contribution is 6.00. The van der Waals surface area contributed by atoms with Gasteiger partial charge >= 0.3 is 0 Å². The Labute approximate surface area is 91.6 Å². The van der Waals surface area contributed by atoms with E-state index in [1.165, 1.54) is 0 Å². The number of nitrogens with two attached hydrogens (primary N) is 2. The van der Waals surface area contributed by atoms with Crippen LogP contribution in [0.3, 0.4) is 0 Å². The van der Waals surface area contributed by atoms with Crippen LogP contribution in [0.25, 0.3) is 5.65 Å². The van der Waals surface area contributed by atoms with Gasteiger partial charge in [-0.15, -0.1) is 0 Å². The summed E-state index contributed by atoms with van der Waals surface area (Å²) in [6.45, 7) is 1.95. The minimum atomic E-state index is -0.540. The molecule has 4 N–H and O–H groups in total. The Morgan fingerprint density at radius 2 is 2.25 bits per heavy atom. The van der Waals surface area contributed by atoms with Crippen molar-refractivity contribution < 1.29 is 4.79 Å². The highest BCUT2D eigenvalue weighted by Crippen LogP contribution is 2.08. The standard InChI is InChI=1S/C10H11N5O/c1-6-2-3-15-5-7(13-8(15)4-6)9(16)14-10(11)12/h2-5H,1H3,(H4,11,12,14,16). The molecule has 0 radical (unpaired) electrons. The molecule has 0 aliphatic heterocycles. The van der Waals surface area contributed by atoms with Crippen LogP contribution in [0, 0.1) is 6.92 Å². The van der Waals surface area contributed by atoms with Crippen molar-refractivity contribution in [3.63, 3.8) is 0 Å². The fraction of sp³-hybridized carbons (Fsp3) is 0.100. The molecule has 0 aliphatic carbocycles. The van der Waals surface area contributed by atoms with Crippen molar-refractivity contribution in [2.75, 3.05) is 0 Å². The number of carbonyl (C=O) groups is 1. The molecular formula is C10H11N5O. The molecule has 2 aromatic rings. The Balaban J connectivity index is 2.47. The zero-order valence-corrected chi connectivity index (χ0v) is 8.71. The van der Waals surface area contributed by atoms with Gasteiger partial charge in [0, 0.05) is 12.4 Å². The molecule has 16 heavy (non-hydrogen) atoms. The average molecular weight is 217 g/mol. The first-order chi connectivity index (χ1) is 7.56. The van der Waals surface area contributed by atoms with Gasteiger partial charge in [-0.2, -0.15) is 4.99 Å². The maximum Gasteiger partial charge on any atom is 0.300 e. The molecule has 1 amide bonds. The van der Waals surface area contributed by atoms with Gasteiger partial charge in [-0.25, -0.2) is 4.98 Å². The number of aryl methyl sites for hydroxylation is 1. The molecule has 82 valence electrons. The average Bonchev–Trinajstić information content (AvgIpc) is 2.59. The number of carbonyl (C=O) groups excluding carboxylic acids is 1. The maximum atomic E-state index is 11.5. The zero-order valence-electron chi connectivity index (χ0n) is 8.71. The number of nitrogens with zero attached hydrogens (tertiary/aromatic N) is 3. The molecule has 0 spiro atoms. The lowest BCUT2D eigenvalue weighted by molar-refractivity contribution is 0.0998. The van der Waals surface area contributed by atoms with Crippen molar-refractivity contribution in [3.8, 4) is 0 Å². The van der Waals surface area contributed by atoms with Gasteiger partial charge in [0.25, 0.3) is 5.91 Å². The van der Waals surface area contributed by atoms with Crippen molar-refractivity contribution >= 4 is 17.5 Å². The highest BCUT2D eigenvalue weighted by atomic mass is 16.1. The first-order valence-electron chi connectivity index (χ1n) is 4.65. The molecule has 6 heteroatoms. The van der Waals surface area contributed by atoms with Crippen LogP contribution in [0.1, 0.15) is 16.1 Å². The van der Waals surface area contributed by atoms with Gasteiger partial charge < -0.3 is 15.9 Å². The Kier molecular flexibility index (Phi) is 2.32. The third kappa shape index (κ3) is 1.85. The molecule has 2 heterocycles. The number of amides is 1. The van der Waals surface area contributed by atoms with E-state index in [1.54, 1.807) is 10.6 Å². The fourth-order valence-corrected chi connectivity index (χ4v) is 1.36. The Morgan fingerprint density at radius 3 is 2.94 bits per heavy atom. The van der Waals surface area contributed by atoms with Gasteiger partial charge in [-0.1, -0.05) is 0 Å². The second-order valence-corrected chi connectivity index (χ2v) is 3.44. The summed E-state index contributed by atoms with van der Waals surface area (Å²) in [5.74, 6) is -0.806. The number of hydrogen-bond donors (Lipinski definition) is 2. The molecule has 0 saturated heterocycles. The van der Waals surface area contributed by atoms with E-state index in [9.17, 15) is 4.79 Å². The van der Waals surface area contributed by atoms with E-state index in [0.717, 1.165) is 5.56 Å². The molecule has 0 saturated carbocycles. The molecule has 0 atom stereocenters. The molecule has 0 unspecified atom stereocenters. The molecule has 0 bridgehead atoms. The minimum absolute atomic E-state index is 0.221. The monoisotopic (exact) mass is 217 g/mol. The molecule has 2 aromatic heterocycles. The Morgan fingerprint density at radius 1 is 1.50 bits per heavy atom. The van der Waals surface area contributed by atoms with Crippen LogP contribution in [-0.2, 0) is 0 Å². The predicted molar refractivity (Wildman–Crippen MR) is 60.1 cm³/mol. The summed E-state index contributed by atoms with van der Waals surface area (Å²) in [5, 5.41) is 0. The normalized spacial score (nSPS) is 10.3. The number of rotatable bonds is 1. The van der Waals surface area contributed by atoms with Crippen molar-refractivity contribution in [1.29, 1.82) is 0 Å². The van der Waals surface area contributed by atoms with Crippen molar-refractivity contribution in [2.45, 2.75) is 6.92 Å². The number of fused-ring (bicyclic) bond motifs is 1. The van der Waals surface area contributed by atoms with Crippen LogP contribution in [0.4, 0.5) is 0 Å². The van der Waals surface area contributed by atoms with Gasteiger partial charge in [-0.3, -0.25) is 4.79 Å². The van der Waals surface area contributed by atoms with Crippen molar-refractivity contribution in [2.24, 2.45) is 16.5 Å². The first-order valence-corrected chi connectivity index (χ1v) is 4.65. The van der Waals surface area contributed by atoms with Crippen LogP contribution < -0.4 is 11.5 Å². The molecule has 0 aliphatic rings. The second kappa shape index (κ2) is 3.65. The van der Waals surface area contributed by atoms with Crippen LogP contribution in [0.5, 0.6) is 0 Å². The second-order valence-electron chi connectivity index (χ2n) is 3.44. The quantitative estimate of drug-likeness (QED) is 0.521. The number of aliphatic imine (C=N–C) groups is 1. The van der Waals surface area contributed by atoms with E-state index < -0.39 is 5.91 Å². The van der Waals surface area contributed by atoms with E-state index >= 15 is 0 Å². The lowest BCUT2D eigenvalue weighted by Gasteiger charge is -1.92. The molecule has 2 rings (SSSR count). The number of imidazole rings is 1. The summed E-state index contributed by atoms with van der Waals surface area (Å²) >= 11 is 0. The van der Waals surface area contributed by atoms with Crippen LogP contribution in [0.15, 0.2) is 29.5 Å². The largest absolute Gasteiger partial charge is 0.370 e. The molecular weight excluding hydrogens is 206 g/mol. The molecule has 0 fully saturated rings. The molecule has 0 aromatic carbocycles. The minimum Gasteiger partial charge on any atom is -0.370 e. The summed E-state index contributed by atoms with van der Waals surface area (Å²) in [4.78, 5) is 19.0. The Bertz CT molecular complexity index is 580. The van der Waals surface area contributed by atoms with Gasteiger partial charge in [-0.05, 0) is 24.6 Å². The number of pyridine rings is 1. The van der Waals surface area contributed by atoms with E-state index in [2.05, 4.69) is 9.98 Å². The van der Waals surface area contributed by atoms with Crippen LogP contribution >= 0.6 is 0 Å². The van der Waals surface area contributed by atoms with E-state index in [4.69, 9.17) is 11.5 Å². The summed E-state index contributed by atoms with van der Waals surface area (Å²) in [6.07, 6.45) is 3.41. The van der Waals surface area contributed by atoms with Crippen molar-refractivity contribution in [3.05, 3.63) is 35.8 Å². The zero-order chi connectivity index (χ0) is 11.7. The summed E-state index contributed by atoms with van der Waals surface area (Å²) in [5.41, 5.74) is 12.2. The van der Waals surface area contributed by atoms with E-state index in [1.807, 2.05) is 25.3 Å². The predicted octanol–water partition coefficient (Wildman–Crippen LogP) is 0.0563. The molecule has 6 nitrogen and oxygen atoms in total. The lowest BCUT2D eigenvalue weighted by Crippen LogP contribution is -2.24. The van der Waals surface area contributed by atoms with Gasteiger partial charge in [0.05, 0.1) is 0 Å². The first kappa shape index (κ1) is 10.2. The number of aromatic nitrogens is 2. The van der Waals surface area contributed by atoms with Crippen LogP contribution in [-0.4, -0.2) is 21.3 Å². The van der Waals surface area contributed by atoms with Gasteiger partial charge in [0.2, 0.25) is 0 Å². The topological polar surface area (TPSA) is 98.8 Å². The highest BCUT2D eigenvalue weighted by Gasteiger charge is 2.09. The third-order valence-electron chi connectivity index (χ3n) is 2.07. The van der Waals surface area contributed by atoms with E-state index in [-0.39, 0.29) is 11.7 Å². The third-order valence-corrected chi connectivity index (χ3v) is 2.07. The smallest absolute Gasteiger partial charge is 0.300 e. The van der Waals surface area contributed by atoms with Gasteiger partial charge in [0.1, 0.15) is 11.3 Å². The number of guanidine groups is 1. The SMILES string of the molecule is Cc1ccn2cc(C(=O)N=C(N)N)nc2c1. The lowest BCUT2D eigenvalue weighted by atomic mass is 10.3.